The number of thiophene rings is 1. The Morgan fingerprint density at radius 2 is 2.28 bits per heavy atom. The Morgan fingerprint density at radius 3 is 2.89 bits per heavy atom. The molecule has 2 heterocycles. The molecular weight excluding hydrogens is 288 g/mol. The van der Waals surface area contributed by atoms with Crippen LogP contribution in [-0.2, 0) is 16.6 Å². The molecule has 0 bridgehead atoms. The van der Waals surface area contributed by atoms with Crippen molar-refractivity contribution in [3.63, 3.8) is 0 Å². The van der Waals surface area contributed by atoms with E-state index in [1.165, 1.54) is 24.2 Å². The summed E-state index contributed by atoms with van der Waals surface area (Å²) in [6.07, 6.45) is 3.56. The molecule has 2 rings (SSSR count). The average molecular weight is 306 g/mol. The third-order valence-electron chi connectivity index (χ3n) is 2.91. The SMILES string of the molecule is NCc1csc(S(=O)(=O)NCC2CCCCS2)c1. The van der Waals surface area contributed by atoms with Crippen LogP contribution in [0.4, 0.5) is 0 Å². The zero-order valence-electron chi connectivity index (χ0n) is 10.1. The van der Waals surface area contributed by atoms with Crippen LogP contribution < -0.4 is 10.5 Å². The minimum Gasteiger partial charge on any atom is -0.326 e. The number of hydrogen-bond acceptors (Lipinski definition) is 5. The molecule has 1 aromatic heterocycles. The largest absolute Gasteiger partial charge is 0.326 e. The Hall–Kier alpha value is -0.0800. The number of nitrogens with one attached hydrogen (secondary N) is 1. The Bertz CT molecular complexity index is 478. The van der Waals surface area contributed by atoms with Gasteiger partial charge in [-0.05, 0) is 35.6 Å². The number of nitrogens with two attached hydrogens (primary N) is 1. The van der Waals surface area contributed by atoms with Crippen LogP contribution in [0.3, 0.4) is 0 Å². The Morgan fingerprint density at radius 1 is 1.44 bits per heavy atom. The maximum absolute atomic E-state index is 12.1. The van der Waals surface area contributed by atoms with Gasteiger partial charge in [-0.15, -0.1) is 11.3 Å². The second kappa shape index (κ2) is 6.38. The van der Waals surface area contributed by atoms with Gasteiger partial charge in [-0.25, -0.2) is 13.1 Å². The van der Waals surface area contributed by atoms with Crippen LogP contribution in [0.1, 0.15) is 24.8 Å². The molecule has 3 N–H and O–H groups in total. The molecule has 1 saturated heterocycles. The van der Waals surface area contributed by atoms with Gasteiger partial charge in [0.15, 0.2) is 0 Å². The van der Waals surface area contributed by atoms with E-state index in [2.05, 4.69) is 4.72 Å². The van der Waals surface area contributed by atoms with E-state index in [0.717, 1.165) is 17.7 Å². The quantitative estimate of drug-likeness (QED) is 0.869. The predicted molar refractivity (Wildman–Crippen MR) is 77.5 cm³/mol. The summed E-state index contributed by atoms with van der Waals surface area (Å²) in [5.74, 6) is 1.14. The Balaban J connectivity index is 1.94. The van der Waals surface area contributed by atoms with E-state index < -0.39 is 10.0 Å². The van der Waals surface area contributed by atoms with E-state index in [9.17, 15) is 8.42 Å². The van der Waals surface area contributed by atoms with Crippen molar-refractivity contribution in [1.82, 2.24) is 4.72 Å². The highest BCUT2D eigenvalue weighted by Gasteiger charge is 2.20. The molecule has 102 valence electrons. The molecule has 0 amide bonds. The summed E-state index contributed by atoms with van der Waals surface area (Å²) in [6.45, 7) is 0.910. The summed E-state index contributed by atoms with van der Waals surface area (Å²) in [4.78, 5) is 0. The van der Waals surface area contributed by atoms with Crippen molar-refractivity contribution in [2.45, 2.75) is 35.3 Å². The monoisotopic (exact) mass is 306 g/mol. The fraction of sp³-hybridized carbons (Fsp3) is 0.636. The third kappa shape index (κ3) is 3.71. The van der Waals surface area contributed by atoms with Gasteiger partial charge < -0.3 is 5.73 Å². The summed E-state index contributed by atoms with van der Waals surface area (Å²) >= 11 is 3.10. The van der Waals surface area contributed by atoms with Crippen molar-refractivity contribution in [3.05, 3.63) is 17.0 Å². The van der Waals surface area contributed by atoms with Crippen LogP contribution in [-0.4, -0.2) is 26.0 Å². The van der Waals surface area contributed by atoms with Gasteiger partial charge in [0.1, 0.15) is 4.21 Å². The molecule has 1 unspecified atom stereocenters. The van der Waals surface area contributed by atoms with Crippen molar-refractivity contribution in [2.75, 3.05) is 12.3 Å². The van der Waals surface area contributed by atoms with Gasteiger partial charge in [0.05, 0.1) is 0 Å². The van der Waals surface area contributed by atoms with Crippen LogP contribution >= 0.6 is 23.1 Å². The highest BCUT2D eigenvalue weighted by Crippen LogP contribution is 2.25. The van der Waals surface area contributed by atoms with Gasteiger partial charge >= 0.3 is 0 Å². The van der Waals surface area contributed by atoms with Crippen molar-refractivity contribution in [2.24, 2.45) is 5.73 Å². The van der Waals surface area contributed by atoms with E-state index in [0.29, 0.717) is 22.5 Å². The molecule has 1 atom stereocenters. The lowest BCUT2D eigenvalue weighted by molar-refractivity contribution is 0.575. The number of rotatable bonds is 5. The first-order valence-corrected chi connectivity index (χ1v) is 9.42. The standard InChI is InChI=1S/C11H18N2O2S3/c12-6-9-5-11(17-8-9)18(14,15)13-7-10-3-1-2-4-16-10/h5,8,10,13H,1-4,6-7,12H2. The smallest absolute Gasteiger partial charge is 0.250 e. The molecule has 1 fully saturated rings. The first-order chi connectivity index (χ1) is 8.62. The molecular formula is C11H18N2O2S3. The van der Waals surface area contributed by atoms with Crippen LogP contribution in [0.5, 0.6) is 0 Å². The Kier molecular flexibility index (Phi) is 5.08. The van der Waals surface area contributed by atoms with E-state index in [1.54, 1.807) is 11.4 Å². The number of thioether (sulfide) groups is 1. The maximum atomic E-state index is 12.1. The van der Waals surface area contributed by atoms with E-state index in [-0.39, 0.29) is 0 Å². The van der Waals surface area contributed by atoms with Crippen LogP contribution in [0.15, 0.2) is 15.7 Å². The van der Waals surface area contributed by atoms with Gasteiger partial charge in [-0.2, -0.15) is 11.8 Å². The highest BCUT2D eigenvalue weighted by molar-refractivity contribution is 8.00. The number of hydrogen-bond donors (Lipinski definition) is 2. The van der Waals surface area contributed by atoms with Crippen molar-refractivity contribution >= 4 is 33.1 Å². The predicted octanol–water partition coefficient (Wildman–Crippen LogP) is 1.77. The lowest BCUT2D eigenvalue weighted by atomic mass is 10.2. The molecule has 4 nitrogen and oxygen atoms in total. The average Bonchev–Trinajstić information content (AvgIpc) is 2.87. The van der Waals surface area contributed by atoms with E-state index in [1.807, 2.05) is 11.8 Å². The zero-order valence-corrected chi connectivity index (χ0v) is 12.5. The minimum atomic E-state index is -3.35. The molecule has 0 radical (unpaired) electrons. The molecule has 0 spiro atoms. The fourth-order valence-corrected chi connectivity index (χ4v) is 5.54. The second-order valence-electron chi connectivity index (χ2n) is 4.32. The topological polar surface area (TPSA) is 72.2 Å². The summed E-state index contributed by atoms with van der Waals surface area (Å²) in [5, 5.41) is 2.21. The fourth-order valence-electron chi connectivity index (χ4n) is 1.84. The van der Waals surface area contributed by atoms with E-state index >= 15 is 0 Å². The first kappa shape index (κ1) is 14.3. The molecule has 0 saturated carbocycles. The molecule has 18 heavy (non-hydrogen) atoms. The normalized spacial score (nSPS) is 21.1. The summed E-state index contributed by atoms with van der Waals surface area (Å²) in [5.41, 5.74) is 6.35. The van der Waals surface area contributed by atoms with Gasteiger partial charge in [-0.1, -0.05) is 6.42 Å². The van der Waals surface area contributed by atoms with Gasteiger partial charge in [-0.3, -0.25) is 0 Å². The second-order valence-corrected chi connectivity index (χ2v) is 8.63. The van der Waals surface area contributed by atoms with Gasteiger partial charge in [0.25, 0.3) is 0 Å². The molecule has 1 aliphatic heterocycles. The molecule has 1 aliphatic rings. The molecule has 7 heteroatoms. The zero-order chi connectivity index (χ0) is 13.0. The number of sulfonamides is 1. The van der Waals surface area contributed by atoms with Gasteiger partial charge in [0.2, 0.25) is 10.0 Å². The lowest BCUT2D eigenvalue weighted by Crippen LogP contribution is -2.31. The maximum Gasteiger partial charge on any atom is 0.250 e. The van der Waals surface area contributed by atoms with Crippen molar-refractivity contribution in [3.8, 4) is 0 Å². The summed E-state index contributed by atoms with van der Waals surface area (Å²) in [6, 6.07) is 1.65. The van der Waals surface area contributed by atoms with Crippen molar-refractivity contribution < 1.29 is 8.42 Å². The molecule has 0 aliphatic carbocycles. The highest BCUT2D eigenvalue weighted by atomic mass is 32.2. The summed E-state index contributed by atoms with van der Waals surface area (Å²) in [7, 11) is -3.35. The van der Waals surface area contributed by atoms with Crippen LogP contribution in [0, 0.1) is 0 Å². The minimum absolute atomic E-state index is 0.365. The lowest BCUT2D eigenvalue weighted by Gasteiger charge is -2.21. The van der Waals surface area contributed by atoms with E-state index in [4.69, 9.17) is 5.73 Å². The van der Waals surface area contributed by atoms with Gasteiger partial charge in [0, 0.05) is 18.3 Å². The first-order valence-electron chi connectivity index (χ1n) is 6.00. The van der Waals surface area contributed by atoms with Crippen molar-refractivity contribution in [1.29, 1.82) is 0 Å². The molecule has 0 aromatic carbocycles. The Labute approximate surface area is 116 Å². The summed E-state index contributed by atoms with van der Waals surface area (Å²) < 4.78 is 27.2. The van der Waals surface area contributed by atoms with Crippen LogP contribution in [0.2, 0.25) is 0 Å². The molecule has 1 aromatic rings. The van der Waals surface area contributed by atoms with Crippen LogP contribution in [0.25, 0.3) is 0 Å². The third-order valence-corrected chi connectivity index (χ3v) is 7.22.